The van der Waals surface area contributed by atoms with E-state index >= 15 is 0 Å². The van der Waals surface area contributed by atoms with Gasteiger partial charge in [0.25, 0.3) is 0 Å². The van der Waals surface area contributed by atoms with Crippen LogP contribution >= 0.6 is 0 Å². The highest BCUT2D eigenvalue weighted by Gasteiger charge is 2.11. The third kappa shape index (κ3) is 3.39. The van der Waals surface area contributed by atoms with Crippen molar-refractivity contribution in [1.29, 1.82) is 0 Å². The molecule has 5 nitrogen and oxygen atoms in total. The van der Waals surface area contributed by atoms with Gasteiger partial charge < -0.3 is 15.0 Å². The van der Waals surface area contributed by atoms with E-state index in [-0.39, 0.29) is 0 Å². The number of hydrogen-bond acceptors (Lipinski definition) is 5. The molecular formula is C20H18N4O. The molecule has 5 heteroatoms. The zero-order valence-corrected chi connectivity index (χ0v) is 13.8. The van der Waals surface area contributed by atoms with Gasteiger partial charge in [-0.1, -0.05) is 5.92 Å². The minimum absolute atomic E-state index is 0.570. The Balaban J connectivity index is 1.51. The zero-order valence-electron chi connectivity index (χ0n) is 13.8. The average molecular weight is 330 g/mol. The summed E-state index contributed by atoms with van der Waals surface area (Å²) in [5.41, 5.74) is 3.85. The molecule has 4 rings (SSSR count). The molecule has 1 aliphatic rings. The Hall–Kier alpha value is -3.10. The number of morpholine rings is 1. The van der Waals surface area contributed by atoms with Crippen molar-refractivity contribution >= 4 is 28.2 Å². The van der Waals surface area contributed by atoms with E-state index in [4.69, 9.17) is 11.2 Å². The molecule has 0 atom stereocenters. The number of nitrogens with one attached hydrogen (secondary N) is 1. The van der Waals surface area contributed by atoms with Gasteiger partial charge in [0, 0.05) is 41.6 Å². The van der Waals surface area contributed by atoms with Gasteiger partial charge in [0.1, 0.15) is 0 Å². The maximum absolute atomic E-state index is 5.43. The normalized spacial score (nSPS) is 14.3. The smallest absolute Gasteiger partial charge is 0.227 e. The first kappa shape index (κ1) is 15.4. The maximum Gasteiger partial charge on any atom is 0.227 e. The van der Waals surface area contributed by atoms with Crippen molar-refractivity contribution in [3.63, 3.8) is 0 Å². The number of ether oxygens (including phenoxy) is 1. The minimum Gasteiger partial charge on any atom is -0.378 e. The van der Waals surface area contributed by atoms with Crippen molar-refractivity contribution in [2.45, 2.75) is 0 Å². The number of anilines is 3. The molecule has 0 aliphatic carbocycles. The van der Waals surface area contributed by atoms with Crippen LogP contribution in [0.3, 0.4) is 0 Å². The van der Waals surface area contributed by atoms with Crippen LogP contribution < -0.4 is 10.2 Å². The Kier molecular flexibility index (Phi) is 4.19. The van der Waals surface area contributed by atoms with Gasteiger partial charge in [0.05, 0.1) is 18.7 Å². The summed E-state index contributed by atoms with van der Waals surface area (Å²) in [7, 11) is 0. The van der Waals surface area contributed by atoms with Crippen LogP contribution in [0.1, 0.15) is 5.56 Å². The summed E-state index contributed by atoms with van der Waals surface area (Å²) in [4.78, 5) is 11.2. The summed E-state index contributed by atoms with van der Waals surface area (Å²) in [6.07, 6.45) is 7.21. The number of rotatable bonds is 3. The summed E-state index contributed by atoms with van der Waals surface area (Å²) in [5.74, 6) is 3.19. The molecule has 0 bridgehead atoms. The second-order valence-electron chi connectivity index (χ2n) is 5.88. The van der Waals surface area contributed by atoms with Crippen LogP contribution in [0.15, 0.2) is 48.7 Å². The van der Waals surface area contributed by atoms with Crippen molar-refractivity contribution in [2.24, 2.45) is 0 Å². The molecule has 25 heavy (non-hydrogen) atoms. The molecule has 1 saturated heterocycles. The highest BCUT2D eigenvalue weighted by Crippen LogP contribution is 2.21. The van der Waals surface area contributed by atoms with Gasteiger partial charge in [-0.25, -0.2) is 9.97 Å². The molecule has 124 valence electrons. The van der Waals surface area contributed by atoms with Crippen LogP contribution in [-0.4, -0.2) is 36.3 Å². The predicted molar refractivity (Wildman–Crippen MR) is 100 cm³/mol. The number of hydrogen-bond donors (Lipinski definition) is 1. The molecule has 1 aromatic heterocycles. The molecule has 0 unspecified atom stereocenters. The van der Waals surface area contributed by atoms with E-state index < -0.39 is 0 Å². The van der Waals surface area contributed by atoms with E-state index in [0.717, 1.165) is 48.5 Å². The van der Waals surface area contributed by atoms with Crippen molar-refractivity contribution in [3.8, 4) is 12.3 Å². The van der Waals surface area contributed by atoms with Gasteiger partial charge in [-0.05, 0) is 42.5 Å². The summed E-state index contributed by atoms with van der Waals surface area (Å²) in [6, 6.07) is 14.0. The molecule has 0 amide bonds. The highest BCUT2D eigenvalue weighted by atomic mass is 16.5. The molecular weight excluding hydrogens is 312 g/mol. The van der Waals surface area contributed by atoms with Gasteiger partial charge in [-0.3, -0.25) is 0 Å². The first-order valence-corrected chi connectivity index (χ1v) is 8.25. The number of nitrogens with zero attached hydrogens (tertiary/aromatic N) is 3. The van der Waals surface area contributed by atoms with E-state index in [0.29, 0.717) is 5.95 Å². The molecule has 2 heterocycles. The lowest BCUT2D eigenvalue weighted by molar-refractivity contribution is 0.122. The summed E-state index contributed by atoms with van der Waals surface area (Å²) in [5, 5.41) is 4.18. The second kappa shape index (κ2) is 6.80. The van der Waals surface area contributed by atoms with Gasteiger partial charge in [-0.15, -0.1) is 6.42 Å². The lowest BCUT2D eigenvalue weighted by Gasteiger charge is -2.28. The van der Waals surface area contributed by atoms with Crippen LogP contribution in [-0.2, 0) is 4.74 Å². The summed E-state index contributed by atoms with van der Waals surface area (Å²) >= 11 is 0. The van der Waals surface area contributed by atoms with Crippen LogP contribution in [0.5, 0.6) is 0 Å². The third-order valence-corrected chi connectivity index (χ3v) is 4.25. The van der Waals surface area contributed by atoms with E-state index in [1.54, 1.807) is 6.20 Å². The largest absolute Gasteiger partial charge is 0.378 e. The lowest BCUT2D eigenvalue weighted by atomic mass is 10.1. The molecule has 0 radical (unpaired) electrons. The third-order valence-electron chi connectivity index (χ3n) is 4.25. The van der Waals surface area contributed by atoms with E-state index in [1.807, 2.05) is 30.3 Å². The monoisotopic (exact) mass is 330 g/mol. The molecule has 0 spiro atoms. The van der Waals surface area contributed by atoms with Gasteiger partial charge in [-0.2, -0.15) is 0 Å². The molecule has 0 saturated carbocycles. The van der Waals surface area contributed by atoms with E-state index in [1.165, 1.54) is 5.69 Å². The second-order valence-corrected chi connectivity index (χ2v) is 5.88. The Bertz CT molecular complexity index is 925. The number of fused-ring (bicyclic) bond motifs is 1. The Morgan fingerprint density at radius 2 is 1.88 bits per heavy atom. The number of terminal acetylenes is 1. The van der Waals surface area contributed by atoms with Crippen LogP contribution in [0.25, 0.3) is 10.9 Å². The molecule has 1 N–H and O–H groups in total. The molecule has 1 fully saturated rings. The topological polar surface area (TPSA) is 50.3 Å². The summed E-state index contributed by atoms with van der Waals surface area (Å²) in [6.45, 7) is 3.43. The van der Waals surface area contributed by atoms with E-state index in [9.17, 15) is 0 Å². The van der Waals surface area contributed by atoms with Gasteiger partial charge in [0.2, 0.25) is 5.95 Å². The molecule has 1 aliphatic heterocycles. The van der Waals surface area contributed by atoms with E-state index in [2.05, 4.69) is 38.2 Å². The van der Waals surface area contributed by atoms with Crippen molar-refractivity contribution in [3.05, 3.63) is 54.2 Å². The first-order valence-electron chi connectivity index (χ1n) is 8.25. The number of aromatic nitrogens is 2. The predicted octanol–water partition coefficient (Wildman–Crippen LogP) is 3.19. The van der Waals surface area contributed by atoms with Crippen molar-refractivity contribution < 1.29 is 4.74 Å². The Morgan fingerprint density at radius 3 is 2.64 bits per heavy atom. The highest BCUT2D eigenvalue weighted by molar-refractivity contribution is 5.80. The molecule has 3 aromatic rings. The van der Waals surface area contributed by atoms with Crippen LogP contribution in [0, 0.1) is 12.3 Å². The number of benzene rings is 2. The lowest BCUT2D eigenvalue weighted by Crippen LogP contribution is -2.36. The van der Waals surface area contributed by atoms with Crippen LogP contribution in [0.2, 0.25) is 0 Å². The molecule has 2 aromatic carbocycles. The van der Waals surface area contributed by atoms with Crippen LogP contribution in [0.4, 0.5) is 17.3 Å². The fraction of sp³-hybridized carbons (Fsp3) is 0.200. The Labute approximate surface area is 146 Å². The average Bonchev–Trinajstić information content (AvgIpc) is 2.69. The fourth-order valence-corrected chi connectivity index (χ4v) is 2.89. The van der Waals surface area contributed by atoms with Crippen molar-refractivity contribution in [2.75, 3.05) is 36.5 Å². The fourth-order valence-electron chi connectivity index (χ4n) is 2.89. The Morgan fingerprint density at radius 1 is 1.08 bits per heavy atom. The maximum atomic E-state index is 5.43. The zero-order chi connectivity index (χ0) is 17.1. The minimum atomic E-state index is 0.570. The SMILES string of the molecule is C#Cc1ccc2nc(Nc3ccc(N4CCOCC4)cc3)ncc2c1. The van der Waals surface area contributed by atoms with Gasteiger partial charge in [0.15, 0.2) is 0 Å². The first-order chi connectivity index (χ1) is 12.3. The van der Waals surface area contributed by atoms with Gasteiger partial charge >= 0.3 is 0 Å². The quantitative estimate of drug-likeness (QED) is 0.748. The standard InChI is InChI=1S/C20H18N4O/c1-2-15-3-8-19-16(13-15)14-21-20(23-19)22-17-4-6-18(7-5-17)24-9-11-25-12-10-24/h1,3-8,13-14H,9-12H2,(H,21,22,23). The van der Waals surface area contributed by atoms with Crippen molar-refractivity contribution in [1.82, 2.24) is 9.97 Å². The summed E-state index contributed by atoms with van der Waals surface area (Å²) < 4.78 is 5.39.